The highest BCUT2D eigenvalue weighted by Gasteiger charge is 2.52. The Morgan fingerprint density at radius 2 is 2.04 bits per heavy atom. The number of rotatable bonds is 3. The number of hydrogen-bond donors (Lipinski definition) is 0. The molecule has 1 unspecified atom stereocenters. The summed E-state index contributed by atoms with van der Waals surface area (Å²) < 4.78 is 2.28. The SMILES string of the molecule is Cc1cccc(C(=O)N2CC(c3nncn3C3CC3)C3(CCCC3)C2)n1. The molecule has 2 saturated carbocycles. The fourth-order valence-electron chi connectivity index (χ4n) is 5.02. The molecule has 0 bridgehead atoms. The second kappa shape index (κ2) is 5.89. The van der Waals surface area contributed by atoms with Crippen LogP contribution in [-0.4, -0.2) is 43.6 Å². The van der Waals surface area contributed by atoms with Gasteiger partial charge in [0.2, 0.25) is 0 Å². The van der Waals surface area contributed by atoms with Gasteiger partial charge in [-0.15, -0.1) is 10.2 Å². The summed E-state index contributed by atoms with van der Waals surface area (Å²) in [5, 5.41) is 8.74. The van der Waals surface area contributed by atoms with Crippen molar-refractivity contribution < 1.29 is 4.79 Å². The topological polar surface area (TPSA) is 63.9 Å². The Morgan fingerprint density at radius 3 is 2.77 bits per heavy atom. The second-order valence-electron chi connectivity index (χ2n) is 8.30. The predicted octanol–water partition coefficient (Wildman–Crippen LogP) is 3.12. The van der Waals surface area contributed by atoms with E-state index in [1.54, 1.807) is 0 Å². The van der Waals surface area contributed by atoms with Crippen LogP contribution in [0.15, 0.2) is 24.5 Å². The fourth-order valence-corrected chi connectivity index (χ4v) is 5.02. The highest BCUT2D eigenvalue weighted by Crippen LogP contribution is 2.54. The van der Waals surface area contributed by atoms with Crippen LogP contribution in [-0.2, 0) is 0 Å². The average Bonchev–Trinajstić information content (AvgIpc) is 3.07. The molecule has 0 N–H and O–H groups in total. The summed E-state index contributed by atoms with van der Waals surface area (Å²) >= 11 is 0. The van der Waals surface area contributed by atoms with Gasteiger partial charge in [0.15, 0.2) is 0 Å². The molecule has 3 fully saturated rings. The van der Waals surface area contributed by atoms with Crippen molar-refractivity contribution in [3.63, 3.8) is 0 Å². The first kappa shape index (κ1) is 16.0. The van der Waals surface area contributed by atoms with E-state index >= 15 is 0 Å². The van der Waals surface area contributed by atoms with Gasteiger partial charge < -0.3 is 9.47 Å². The van der Waals surface area contributed by atoms with Crippen molar-refractivity contribution in [2.24, 2.45) is 5.41 Å². The average molecular weight is 351 g/mol. The van der Waals surface area contributed by atoms with Crippen molar-refractivity contribution in [1.82, 2.24) is 24.6 Å². The summed E-state index contributed by atoms with van der Waals surface area (Å²) in [4.78, 5) is 19.6. The van der Waals surface area contributed by atoms with Crippen LogP contribution in [0.5, 0.6) is 0 Å². The van der Waals surface area contributed by atoms with Crippen LogP contribution in [0.2, 0.25) is 0 Å². The van der Waals surface area contributed by atoms with Crippen molar-refractivity contribution in [3.05, 3.63) is 41.7 Å². The van der Waals surface area contributed by atoms with Gasteiger partial charge in [0, 0.05) is 30.7 Å². The van der Waals surface area contributed by atoms with E-state index in [2.05, 4.69) is 19.7 Å². The minimum absolute atomic E-state index is 0.0555. The maximum Gasteiger partial charge on any atom is 0.272 e. The summed E-state index contributed by atoms with van der Waals surface area (Å²) in [5.74, 6) is 1.45. The van der Waals surface area contributed by atoms with Gasteiger partial charge in [-0.1, -0.05) is 18.9 Å². The summed E-state index contributed by atoms with van der Waals surface area (Å²) in [6, 6.07) is 6.25. The number of hydrogen-bond acceptors (Lipinski definition) is 4. The van der Waals surface area contributed by atoms with Crippen LogP contribution in [0.3, 0.4) is 0 Å². The van der Waals surface area contributed by atoms with Crippen molar-refractivity contribution in [2.45, 2.75) is 57.4 Å². The molecule has 0 radical (unpaired) electrons. The molecule has 1 saturated heterocycles. The van der Waals surface area contributed by atoms with Gasteiger partial charge in [0.05, 0.1) is 0 Å². The molecular weight excluding hydrogens is 326 g/mol. The third kappa shape index (κ3) is 2.54. The van der Waals surface area contributed by atoms with Gasteiger partial charge in [-0.3, -0.25) is 4.79 Å². The predicted molar refractivity (Wildman–Crippen MR) is 96.8 cm³/mol. The highest BCUT2D eigenvalue weighted by molar-refractivity contribution is 5.92. The maximum absolute atomic E-state index is 13.1. The number of aromatic nitrogens is 4. The van der Waals surface area contributed by atoms with E-state index in [0.29, 0.717) is 17.7 Å². The van der Waals surface area contributed by atoms with Gasteiger partial charge in [0.1, 0.15) is 17.8 Å². The lowest BCUT2D eigenvalue weighted by atomic mass is 9.76. The Balaban J connectivity index is 1.47. The van der Waals surface area contributed by atoms with E-state index in [4.69, 9.17) is 0 Å². The Labute approximate surface area is 153 Å². The molecule has 26 heavy (non-hydrogen) atoms. The molecule has 1 spiro atoms. The second-order valence-corrected chi connectivity index (χ2v) is 8.30. The third-order valence-corrected chi connectivity index (χ3v) is 6.49. The smallest absolute Gasteiger partial charge is 0.272 e. The van der Waals surface area contributed by atoms with Crippen LogP contribution < -0.4 is 0 Å². The molecular formula is C20H25N5O. The number of carbonyl (C=O) groups excluding carboxylic acids is 1. The first-order valence-corrected chi connectivity index (χ1v) is 9.79. The molecule has 1 amide bonds. The Hall–Kier alpha value is -2.24. The summed E-state index contributed by atoms with van der Waals surface area (Å²) in [5.41, 5.74) is 1.61. The van der Waals surface area contributed by atoms with Gasteiger partial charge in [-0.05, 0) is 50.2 Å². The minimum Gasteiger partial charge on any atom is -0.336 e. The van der Waals surface area contributed by atoms with E-state index in [9.17, 15) is 4.79 Å². The maximum atomic E-state index is 13.1. The van der Waals surface area contributed by atoms with Gasteiger partial charge >= 0.3 is 0 Å². The van der Waals surface area contributed by atoms with Gasteiger partial charge in [0.25, 0.3) is 5.91 Å². The van der Waals surface area contributed by atoms with E-state index in [-0.39, 0.29) is 11.3 Å². The third-order valence-electron chi connectivity index (χ3n) is 6.49. The normalized spacial score (nSPS) is 24.5. The zero-order valence-electron chi connectivity index (χ0n) is 15.3. The lowest BCUT2D eigenvalue weighted by Crippen LogP contribution is -2.32. The fraction of sp³-hybridized carbons (Fsp3) is 0.600. The summed E-state index contributed by atoms with van der Waals surface area (Å²) in [6.45, 7) is 3.49. The first-order chi connectivity index (χ1) is 12.7. The van der Waals surface area contributed by atoms with E-state index < -0.39 is 0 Å². The lowest BCUT2D eigenvalue weighted by molar-refractivity contribution is 0.0767. The van der Waals surface area contributed by atoms with E-state index in [1.165, 1.54) is 38.5 Å². The first-order valence-electron chi connectivity index (χ1n) is 9.79. The summed E-state index contributed by atoms with van der Waals surface area (Å²) in [6.07, 6.45) is 9.20. The monoisotopic (exact) mass is 351 g/mol. The Morgan fingerprint density at radius 1 is 1.23 bits per heavy atom. The Kier molecular flexibility index (Phi) is 3.62. The molecule has 0 aromatic carbocycles. The number of nitrogens with zero attached hydrogens (tertiary/aromatic N) is 5. The number of carbonyl (C=O) groups is 1. The van der Waals surface area contributed by atoms with Crippen LogP contribution in [0.25, 0.3) is 0 Å². The van der Waals surface area contributed by atoms with Crippen LogP contribution in [0.1, 0.15) is 72.5 Å². The molecule has 2 aromatic heterocycles. The number of aryl methyl sites for hydroxylation is 1. The molecule has 6 heteroatoms. The van der Waals surface area contributed by atoms with Crippen molar-refractivity contribution >= 4 is 5.91 Å². The quantitative estimate of drug-likeness (QED) is 0.852. The Bertz CT molecular complexity index is 834. The zero-order chi connectivity index (χ0) is 17.7. The zero-order valence-corrected chi connectivity index (χ0v) is 15.3. The largest absolute Gasteiger partial charge is 0.336 e. The van der Waals surface area contributed by atoms with E-state index in [1.807, 2.05) is 36.4 Å². The standard InChI is InChI=1S/C20H25N5O/c1-14-5-4-6-17(22-14)19(26)24-11-16(20(12-24)9-2-3-10-20)18-23-21-13-25(18)15-7-8-15/h4-6,13,15-16H,2-3,7-12H2,1H3. The molecule has 2 aromatic rings. The molecule has 136 valence electrons. The molecule has 6 nitrogen and oxygen atoms in total. The number of likely N-dealkylation sites (tertiary alicyclic amines) is 1. The van der Waals surface area contributed by atoms with Crippen LogP contribution in [0.4, 0.5) is 0 Å². The molecule has 2 aliphatic carbocycles. The number of amides is 1. The van der Waals surface area contributed by atoms with Crippen molar-refractivity contribution in [2.75, 3.05) is 13.1 Å². The molecule has 5 rings (SSSR count). The molecule has 3 aliphatic rings. The molecule has 1 atom stereocenters. The van der Waals surface area contributed by atoms with E-state index in [0.717, 1.165) is 24.6 Å². The highest BCUT2D eigenvalue weighted by atomic mass is 16.2. The van der Waals surface area contributed by atoms with Crippen molar-refractivity contribution in [1.29, 1.82) is 0 Å². The van der Waals surface area contributed by atoms with Gasteiger partial charge in [-0.25, -0.2) is 4.98 Å². The van der Waals surface area contributed by atoms with Crippen LogP contribution >= 0.6 is 0 Å². The van der Waals surface area contributed by atoms with Crippen molar-refractivity contribution in [3.8, 4) is 0 Å². The summed E-state index contributed by atoms with van der Waals surface area (Å²) in [7, 11) is 0. The lowest BCUT2D eigenvalue weighted by Gasteiger charge is -2.29. The minimum atomic E-state index is 0.0555. The van der Waals surface area contributed by atoms with Gasteiger partial charge in [-0.2, -0.15) is 0 Å². The van der Waals surface area contributed by atoms with Crippen LogP contribution in [0, 0.1) is 12.3 Å². The molecule has 1 aliphatic heterocycles. The number of pyridine rings is 1. The molecule has 3 heterocycles.